The Kier molecular flexibility index (Phi) is 6.77. The SMILES string of the molecule is CCOC(=O)c1c(NC(=O)c2cc(C)cc(C)c2)sc2c1CCN(C(=O)OCC)C2. The van der Waals surface area contributed by atoms with Crippen molar-refractivity contribution in [2.45, 2.75) is 40.7 Å². The van der Waals surface area contributed by atoms with E-state index in [0.29, 0.717) is 42.2 Å². The van der Waals surface area contributed by atoms with Crippen molar-refractivity contribution >= 4 is 34.3 Å². The van der Waals surface area contributed by atoms with Gasteiger partial charge in [0.1, 0.15) is 5.00 Å². The van der Waals surface area contributed by atoms with Crippen LogP contribution in [0.2, 0.25) is 0 Å². The minimum Gasteiger partial charge on any atom is -0.462 e. The minimum atomic E-state index is -0.463. The predicted molar refractivity (Wildman–Crippen MR) is 115 cm³/mol. The van der Waals surface area contributed by atoms with Gasteiger partial charge in [-0.3, -0.25) is 4.79 Å². The number of thiophene rings is 1. The third-order valence-electron chi connectivity index (χ3n) is 4.77. The number of nitrogens with one attached hydrogen (secondary N) is 1. The number of aryl methyl sites for hydroxylation is 2. The monoisotopic (exact) mass is 430 g/mol. The first-order chi connectivity index (χ1) is 14.3. The van der Waals surface area contributed by atoms with Crippen LogP contribution in [0.4, 0.5) is 9.80 Å². The Morgan fingerprint density at radius 3 is 2.37 bits per heavy atom. The third-order valence-corrected chi connectivity index (χ3v) is 5.91. The van der Waals surface area contributed by atoms with Crippen molar-refractivity contribution in [3.05, 3.63) is 50.9 Å². The molecule has 160 valence electrons. The molecule has 1 N–H and O–H groups in total. The Hall–Kier alpha value is -2.87. The zero-order chi connectivity index (χ0) is 21.8. The number of ether oxygens (including phenoxy) is 2. The smallest absolute Gasteiger partial charge is 0.410 e. The maximum absolute atomic E-state index is 12.9. The van der Waals surface area contributed by atoms with Crippen molar-refractivity contribution in [1.29, 1.82) is 0 Å². The van der Waals surface area contributed by atoms with Gasteiger partial charge in [0.15, 0.2) is 0 Å². The first-order valence-electron chi connectivity index (χ1n) is 9.97. The van der Waals surface area contributed by atoms with Gasteiger partial charge in [-0.1, -0.05) is 17.2 Å². The molecule has 1 aliphatic heterocycles. The highest BCUT2D eigenvalue weighted by Gasteiger charge is 2.31. The second-order valence-electron chi connectivity index (χ2n) is 7.13. The Balaban J connectivity index is 1.93. The lowest BCUT2D eigenvalue weighted by atomic mass is 10.0. The molecule has 7 nitrogen and oxygen atoms in total. The van der Waals surface area contributed by atoms with Gasteiger partial charge in [0, 0.05) is 17.0 Å². The van der Waals surface area contributed by atoms with Crippen molar-refractivity contribution in [3.8, 4) is 0 Å². The second-order valence-corrected chi connectivity index (χ2v) is 8.23. The molecule has 8 heteroatoms. The molecule has 0 bridgehead atoms. The fourth-order valence-corrected chi connectivity index (χ4v) is 4.81. The number of esters is 1. The molecule has 0 radical (unpaired) electrons. The van der Waals surface area contributed by atoms with Gasteiger partial charge in [-0.25, -0.2) is 9.59 Å². The number of amides is 2. The molecule has 1 aromatic heterocycles. The quantitative estimate of drug-likeness (QED) is 0.715. The van der Waals surface area contributed by atoms with E-state index in [2.05, 4.69) is 5.32 Å². The number of nitrogens with zero attached hydrogens (tertiary/aromatic N) is 1. The zero-order valence-corrected chi connectivity index (χ0v) is 18.5. The maximum Gasteiger partial charge on any atom is 0.410 e. The number of anilines is 1. The van der Waals surface area contributed by atoms with E-state index in [0.717, 1.165) is 21.6 Å². The normalized spacial score (nSPS) is 12.9. The Morgan fingerprint density at radius 1 is 1.07 bits per heavy atom. The summed E-state index contributed by atoms with van der Waals surface area (Å²) >= 11 is 1.30. The number of carbonyl (C=O) groups excluding carboxylic acids is 3. The van der Waals surface area contributed by atoms with Crippen LogP contribution in [0.5, 0.6) is 0 Å². The van der Waals surface area contributed by atoms with Gasteiger partial charge in [-0.2, -0.15) is 0 Å². The largest absolute Gasteiger partial charge is 0.462 e. The van der Waals surface area contributed by atoms with Crippen LogP contribution in [-0.4, -0.2) is 42.6 Å². The molecule has 0 spiro atoms. The highest BCUT2D eigenvalue weighted by Crippen LogP contribution is 2.38. The topological polar surface area (TPSA) is 84.9 Å². The molecular formula is C22H26N2O5S. The lowest BCUT2D eigenvalue weighted by Gasteiger charge is -2.26. The van der Waals surface area contributed by atoms with Crippen molar-refractivity contribution in [2.24, 2.45) is 0 Å². The van der Waals surface area contributed by atoms with E-state index in [-0.39, 0.29) is 18.6 Å². The Bertz CT molecular complexity index is 962. The second kappa shape index (κ2) is 9.30. The standard InChI is InChI=1S/C22H26N2O5S/c1-5-28-21(26)18-16-7-8-24(22(27)29-6-2)12-17(16)30-20(18)23-19(25)15-10-13(3)9-14(4)11-15/h9-11H,5-8,12H2,1-4H3,(H,23,25). The van der Waals surface area contributed by atoms with Crippen molar-refractivity contribution in [3.63, 3.8) is 0 Å². The lowest BCUT2D eigenvalue weighted by molar-refractivity contribution is 0.0526. The summed E-state index contributed by atoms with van der Waals surface area (Å²) < 4.78 is 10.3. The van der Waals surface area contributed by atoms with E-state index in [9.17, 15) is 14.4 Å². The summed E-state index contributed by atoms with van der Waals surface area (Å²) in [4.78, 5) is 40.1. The molecule has 0 fully saturated rings. The number of carbonyl (C=O) groups is 3. The van der Waals surface area contributed by atoms with Gasteiger partial charge in [0.2, 0.25) is 0 Å². The molecule has 1 aromatic carbocycles. The minimum absolute atomic E-state index is 0.239. The van der Waals surface area contributed by atoms with Crippen LogP contribution in [0.25, 0.3) is 0 Å². The number of fused-ring (bicyclic) bond motifs is 1. The molecule has 1 aliphatic rings. The van der Waals surface area contributed by atoms with E-state index in [1.807, 2.05) is 32.0 Å². The van der Waals surface area contributed by atoms with Crippen molar-refractivity contribution in [1.82, 2.24) is 4.90 Å². The average molecular weight is 431 g/mol. The summed E-state index contributed by atoms with van der Waals surface area (Å²) in [6.07, 6.45) is 0.119. The number of benzene rings is 1. The van der Waals surface area contributed by atoms with Crippen LogP contribution < -0.4 is 5.32 Å². The molecule has 2 heterocycles. The fraction of sp³-hybridized carbons (Fsp3) is 0.409. The van der Waals surface area contributed by atoms with Gasteiger partial charge in [-0.05, 0) is 51.8 Å². The highest BCUT2D eigenvalue weighted by atomic mass is 32.1. The molecule has 0 saturated carbocycles. The summed E-state index contributed by atoms with van der Waals surface area (Å²) in [6.45, 7) is 8.69. The zero-order valence-electron chi connectivity index (χ0n) is 17.7. The van der Waals surface area contributed by atoms with E-state index in [1.165, 1.54) is 11.3 Å². The fourth-order valence-electron chi connectivity index (χ4n) is 3.56. The highest BCUT2D eigenvalue weighted by molar-refractivity contribution is 7.17. The molecule has 2 aromatic rings. The molecule has 0 unspecified atom stereocenters. The van der Waals surface area contributed by atoms with Crippen LogP contribution in [0.1, 0.15) is 56.1 Å². The molecule has 3 rings (SSSR count). The van der Waals surface area contributed by atoms with E-state index in [1.54, 1.807) is 18.7 Å². The molecule has 30 heavy (non-hydrogen) atoms. The van der Waals surface area contributed by atoms with E-state index in [4.69, 9.17) is 9.47 Å². The maximum atomic E-state index is 12.9. The van der Waals surface area contributed by atoms with Crippen LogP contribution in [-0.2, 0) is 22.4 Å². The Labute approximate surface area is 180 Å². The summed E-state index contributed by atoms with van der Waals surface area (Å²) in [5.74, 6) is -0.747. The van der Waals surface area contributed by atoms with Crippen LogP contribution in [0.3, 0.4) is 0 Å². The van der Waals surface area contributed by atoms with Crippen LogP contribution in [0.15, 0.2) is 18.2 Å². The lowest BCUT2D eigenvalue weighted by Crippen LogP contribution is -2.36. The van der Waals surface area contributed by atoms with Crippen LogP contribution in [0, 0.1) is 13.8 Å². The molecule has 0 saturated heterocycles. The van der Waals surface area contributed by atoms with Gasteiger partial charge < -0.3 is 19.7 Å². The summed E-state index contributed by atoms with van der Waals surface area (Å²) in [5.41, 5.74) is 3.72. The molecule has 0 atom stereocenters. The summed E-state index contributed by atoms with van der Waals surface area (Å²) in [7, 11) is 0. The predicted octanol–water partition coefficient (Wildman–Crippen LogP) is 4.31. The van der Waals surface area contributed by atoms with Crippen molar-refractivity contribution in [2.75, 3.05) is 25.1 Å². The van der Waals surface area contributed by atoms with E-state index >= 15 is 0 Å². The van der Waals surface area contributed by atoms with Gasteiger partial charge >= 0.3 is 12.1 Å². The van der Waals surface area contributed by atoms with Gasteiger partial charge in [-0.15, -0.1) is 11.3 Å². The number of hydrogen-bond acceptors (Lipinski definition) is 6. The van der Waals surface area contributed by atoms with E-state index < -0.39 is 5.97 Å². The molecular weight excluding hydrogens is 404 g/mol. The third kappa shape index (κ3) is 4.64. The number of rotatable bonds is 5. The van der Waals surface area contributed by atoms with Crippen LogP contribution >= 0.6 is 11.3 Å². The molecule has 0 aliphatic carbocycles. The summed E-state index contributed by atoms with van der Waals surface area (Å²) in [5, 5.41) is 3.34. The first kappa shape index (κ1) is 21.8. The van der Waals surface area contributed by atoms with Crippen molar-refractivity contribution < 1.29 is 23.9 Å². The average Bonchev–Trinajstić information content (AvgIpc) is 3.04. The van der Waals surface area contributed by atoms with Gasteiger partial charge in [0.25, 0.3) is 5.91 Å². The van der Waals surface area contributed by atoms with Gasteiger partial charge in [0.05, 0.1) is 25.3 Å². The first-order valence-corrected chi connectivity index (χ1v) is 10.8. The Morgan fingerprint density at radius 2 is 1.73 bits per heavy atom. The summed E-state index contributed by atoms with van der Waals surface area (Å²) in [6, 6.07) is 5.61. The number of hydrogen-bond donors (Lipinski definition) is 1. The molecule has 2 amide bonds.